The van der Waals surface area contributed by atoms with E-state index in [4.69, 9.17) is 11.0 Å². The van der Waals surface area contributed by atoms with Gasteiger partial charge in [0.1, 0.15) is 5.82 Å². The predicted octanol–water partition coefficient (Wildman–Crippen LogP) is 0.738. The minimum atomic E-state index is 0.634. The standard InChI is InChI=1S/C10H14N4/c1-14(6-2-4-11)10-7-9(8-12)3-5-13-10/h3,5,7H,2,4,6,11H2,1H3. The number of hydrogen-bond acceptors (Lipinski definition) is 4. The average Bonchev–Trinajstić information content (AvgIpc) is 2.26. The highest BCUT2D eigenvalue weighted by molar-refractivity contribution is 5.44. The summed E-state index contributed by atoms with van der Waals surface area (Å²) in [4.78, 5) is 6.17. The van der Waals surface area contributed by atoms with E-state index in [9.17, 15) is 0 Å². The van der Waals surface area contributed by atoms with Crippen molar-refractivity contribution in [2.45, 2.75) is 6.42 Å². The van der Waals surface area contributed by atoms with Crippen LogP contribution in [0.5, 0.6) is 0 Å². The van der Waals surface area contributed by atoms with Crippen molar-refractivity contribution in [2.75, 3.05) is 25.0 Å². The van der Waals surface area contributed by atoms with Crippen LogP contribution in [0.3, 0.4) is 0 Å². The number of nitrogens with two attached hydrogens (primary N) is 1. The normalized spacial score (nSPS) is 9.50. The molecule has 0 saturated carbocycles. The fourth-order valence-corrected chi connectivity index (χ4v) is 1.14. The van der Waals surface area contributed by atoms with Crippen molar-refractivity contribution in [1.82, 2.24) is 4.98 Å². The zero-order valence-electron chi connectivity index (χ0n) is 8.27. The molecule has 1 heterocycles. The Bertz CT molecular complexity index is 329. The highest BCUT2D eigenvalue weighted by atomic mass is 15.2. The molecule has 0 saturated heterocycles. The number of anilines is 1. The van der Waals surface area contributed by atoms with Crippen molar-refractivity contribution >= 4 is 5.82 Å². The molecule has 0 aromatic carbocycles. The lowest BCUT2D eigenvalue weighted by Gasteiger charge is -2.17. The van der Waals surface area contributed by atoms with Crippen LogP contribution in [0.15, 0.2) is 18.3 Å². The van der Waals surface area contributed by atoms with E-state index >= 15 is 0 Å². The maximum Gasteiger partial charge on any atom is 0.129 e. The Hall–Kier alpha value is -1.60. The second-order valence-electron chi connectivity index (χ2n) is 3.08. The van der Waals surface area contributed by atoms with Crippen molar-refractivity contribution < 1.29 is 0 Å². The van der Waals surface area contributed by atoms with Gasteiger partial charge in [0.05, 0.1) is 11.6 Å². The second-order valence-corrected chi connectivity index (χ2v) is 3.08. The van der Waals surface area contributed by atoms with Crippen LogP contribution in [0.4, 0.5) is 5.82 Å². The van der Waals surface area contributed by atoms with Crippen LogP contribution in [0, 0.1) is 11.3 Å². The number of rotatable bonds is 4. The van der Waals surface area contributed by atoms with Gasteiger partial charge < -0.3 is 10.6 Å². The van der Waals surface area contributed by atoms with Crippen LogP contribution in [0.25, 0.3) is 0 Å². The van der Waals surface area contributed by atoms with Crippen LogP contribution < -0.4 is 10.6 Å². The van der Waals surface area contributed by atoms with Crippen LogP contribution in [0.1, 0.15) is 12.0 Å². The van der Waals surface area contributed by atoms with Crippen LogP contribution in [-0.4, -0.2) is 25.1 Å². The first kappa shape index (κ1) is 10.5. The van der Waals surface area contributed by atoms with Crippen molar-refractivity contribution in [2.24, 2.45) is 5.73 Å². The molecule has 1 aromatic heterocycles. The minimum absolute atomic E-state index is 0.634. The Morgan fingerprint density at radius 3 is 3.07 bits per heavy atom. The predicted molar refractivity (Wildman–Crippen MR) is 55.9 cm³/mol. The van der Waals surface area contributed by atoms with E-state index < -0.39 is 0 Å². The number of hydrogen-bond donors (Lipinski definition) is 1. The van der Waals surface area contributed by atoms with Crippen LogP contribution in [-0.2, 0) is 0 Å². The van der Waals surface area contributed by atoms with Gasteiger partial charge in [0.2, 0.25) is 0 Å². The molecule has 0 aliphatic heterocycles. The molecule has 0 fully saturated rings. The summed E-state index contributed by atoms with van der Waals surface area (Å²) in [5.41, 5.74) is 6.05. The van der Waals surface area contributed by atoms with E-state index in [-0.39, 0.29) is 0 Å². The largest absolute Gasteiger partial charge is 0.360 e. The Morgan fingerprint density at radius 2 is 2.43 bits per heavy atom. The Balaban J connectivity index is 2.70. The zero-order chi connectivity index (χ0) is 10.4. The van der Waals surface area contributed by atoms with Crippen molar-refractivity contribution in [1.29, 1.82) is 5.26 Å². The van der Waals surface area contributed by atoms with E-state index in [1.807, 2.05) is 11.9 Å². The second kappa shape index (κ2) is 5.20. The maximum atomic E-state index is 8.70. The lowest BCUT2D eigenvalue weighted by molar-refractivity contribution is 0.786. The molecule has 0 unspecified atom stereocenters. The lowest BCUT2D eigenvalue weighted by atomic mass is 10.3. The van der Waals surface area contributed by atoms with Gasteiger partial charge in [0.25, 0.3) is 0 Å². The van der Waals surface area contributed by atoms with Crippen molar-refractivity contribution in [3.63, 3.8) is 0 Å². The van der Waals surface area contributed by atoms with Crippen molar-refractivity contribution in [3.05, 3.63) is 23.9 Å². The van der Waals surface area contributed by atoms with E-state index in [0.29, 0.717) is 12.1 Å². The summed E-state index contributed by atoms with van der Waals surface area (Å²) in [6.45, 7) is 1.53. The molecular formula is C10H14N4. The molecular weight excluding hydrogens is 176 g/mol. The third kappa shape index (κ3) is 2.71. The smallest absolute Gasteiger partial charge is 0.129 e. The van der Waals surface area contributed by atoms with Crippen LogP contribution >= 0.6 is 0 Å². The Morgan fingerprint density at radius 1 is 1.64 bits per heavy atom. The molecule has 0 spiro atoms. The number of nitrogens with zero attached hydrogens (tertiary/aromatic N) is 3. The molecule has 0 aliphatic carbocycles. The molecule has 0 bridgehead atoms. The average molecular weight is 190 g/mol. The van der Waals surface area contributed by atoms with Gasteiger partial charge in [-0.15, -0.1) is 0 Å². The first-order valence-electron chi connectivity index (χ1n) is 4.55. The molecule has 1 aromatic rings. The number of nitriles is 1. The van der Waals surface area contributed by atoms with Crippen molar-refractivity contribution in [3.8, 4) is 6.07 Å². The molecule has 4 heteroatoms. The lowest BCUT2D eigenvalue weighted by Crippen LogP contribution is -2.21. The summed E-state index contributed by atoms with van der Waals surface area (Å²) in [5, 5.41) is 8.70. The van der Waals surface area contributed by atoms with E-state index in [0.717, 1.165) is 18.8 Å². The third-order valence-electron chi connectivity index (χ3n) is 1.96. The van der Waals surface area contributed by atoms with Gasteiger partial charge in [0.15, 0.2) is 0 Å². The Kier molecular flexibility index (Phi) is 3.89. The van der Waals surface area contributed by atoms with Gasteiger partial charge in [-0.3, -0.25) is 0 Å². The highest BCUT2D eigenvalue weighted by Gasteiger charge is 2.01. The number of aromatic nitrogens is 1. The summed E-state index contributed by atoms with van der Waals surface area (Å²) in [6.07, 6.45) is 2.57. The van der Waals surface area contributed by atoms with Gasteiger partial charge in [-0.1, -0.05) is 0 Å². The SMILES string of the molecule is CN(CCCN)c1cc(C#N)ccn1. The third-order valence-corrected chi connectivity index (χ3v) is 1.96. The van der Waals surface area contributed by atoms with E-state index in [2.05, 4.69) is 11.1 Å². The molecule has 14 heavy (non-hydrogen) atoms. The Labute approximate surface area is 84.0 Å². The summed E-state index contributed by atoms with van der Waals surface area (Å²) >= 11 is 0. The first-order valence-corrected chi connectivity index (χ1v) is 4.55. The van der Waals surface area contributed by atoms with Crippen LogP contribution in [0.2, 0.25) is 0 Å². The quantitative estimate of drug-likeness (QED) is 0.760. The van der Waals surface area contributed by atoms with Gasteiger partial charge in [-0.25, -0.2) is 4.98 Å². The van der Waals surface area contributed by atoms with Gasteiger partial charge in [-0.2, -0.15) is 5.26 Å². The fraction of sp³-hybridized carbons (Fsp3) is 0.400. The highest BCUT2D eigenvalue weighted by Crippen LogP contribution is 2.10. The summed E-state index contributed by atoms with van der Waals surface area (Å²) < 4.78 is 0. The minimum Gasteiger partial charge on any atom is -0.360 e. The summed E-state index contributed by atoms with van der Waals surface area (Å²) in [5.74, 6) is 0.817. The monoisotopic (exact) mass is 190 g/mol. The molecule has 0 aliphatic rings. The summed E-state index contributed by atoms with van der Waals surface area (Å²) in [7, 11) is 1.94. The zero-order valence-corrected chi connectivity index (χ0v) is 8.27. The van der Waals surface area contributed by atoms with Gasteiger partial charge in [-0.05, 0) is 25.1 Å². The number of pyridine rings is 1. The molecule has 74 valence electrons. The van der Waals surface area contributed by atoms with E-state index in [1.165, 1.54) is 0 Å². The first-order chi connectivity index (χ1) is 6.77. The van der Waals surface area contributed by atoms with Gasteiger partial charge in [0, 0.05) is 19.8 Å². The maximum absolute atomic E-state index is 8.70. The molecule has 0 radical (unpaired) electrons. The molecule has 2 N–H and O–H groups in total. The molecule has 0 amide bonds. The topological polar surface area (TPSA) is 65.9 Å². The molecule has 1 rings (SSSR count). The molecule has 4 nitrogen and oxygen atoms in total. The molecule has 0 atom stereocenters. The van der Waals surface area contributed by atoms with Gasteiger partial charge >= 0.3 is 0 Å². The van der Waals surface area contributed by atoms with E-state index in [1.54, 1.807) is 18.3 Å². The fourth-order valence-electron chi connectivity index (χ4n) is 1.14. The summed E-state index contributed by atoms with van der Waals surface area (Å²) in [6, 6.07) is 5.56.